The smallest absolute Gasteiger partial charge is 0.275 e. The van der Waals surface area contributed by atoms with Gasteiger partial charge in [-0.05, 0) is 38.4 Å². The zero-order chi connectivity index (χ0) is 18.5. The van der Waals surface area contributed by atoms with Gasteiger partial charge in [-0.15, -0.1) is 0 Å². The highest BCUT2D eigenvalue weighted by Crippen LogP contribution is 2.40. The van der Waals surface area contributed by atoms with E-state index in [1.54, 1.807) is 16.7 Å². The molecule has 2 aliphatic heterocycles. The lowest BCUT2D eigenvalue weighted by atomic mass is 9.85. The largest absolute Gasteiger partial charge is 0.384 e. The Morgan fingerprint density at radius 1 is 1.19 bits per heavy atom. The summed E-state index contributed by atoms with van der Waals surface area (Å²) in [6.07, 6.45) is 3.34. The molecule has 0 radical (unpaired) electrons. The summed E-state index contributed by atoms with van der Waals surface area (Å²) < 4.78 is 1.74. The summed E-state index contributed by atoms with van der Waals surface area (Å²) in [5.74, 6) is 0.834. The summed E-state index contributed by atoms with van der Waals surface area (Å²) in [6.45, 7) is 3.62. The van der Waals surface area contributed by atoms with Crippen molar-refractivity contribution in [1.82, 2.24) is 19.4 Å². The molecule has 2 aliphatic rings. The molecule has 8 heteroatoms. The minimum atomic E-state index is -0.414. The molecule has 1 saturated heterocycles. The average molecular weight is 354 g/mol. The van der Waals surface area contributed by atoms with Gasteiger partial charge in [-0.25, -0.2) is 9.97 Å². The topological polar surface area (TPSA) is 106 Å². The zero-order valence-corrected chi connectivity index (χ0v) is 15.0. The number of nitrogens with one attached hydrogen (secondary N) is 1. The first-order valence-electron chi connectivity index (χ1n) is 8.73. The van der Waals surface area contributed by atoms with Gasteiger partial charge in [-0.2, -0.15) is 0 Å². The second-order valence-electron chi connectivity index (χ2n) is 7.31. The molecule has 0 aliphatic carbocycles. The van der Waals surface area contributed by atoms with E-state index in [9.17, 15) is 9.59 Å². The minimum absolute atomic E-state index is 0.0574. The number of fused-ring (bicyclic) bond motifs is 2. The van der Waals surface area contributed by atoms with Crippen molar-refractivity contribution >= 4 is 23.1 Å². The number of likely N-dealkylation sites (tertiary alicyclic amines) is 1. The van der Waals surface area contributed by atoms with Crippen molar-refractivity contribution in [3.8, 4) is 0 Å². The van der Waals surface area contributed by atoms with E-state index >= 15 is 0 Å². The summed E-state index contributed by atoms with van der Waals surface area (Å²) in [6, 6.07) is 3.29. The van der Waals surface area contributed by atoms with Gasteiger partial charge in [0.25, 0.3) is 5.56 Å². The predicted octanol–water partition coefficient (Wildman–Crippen LogP) is 1.28. The first kappa shape index (κ1) is 16.7. The minimum Gasteiger partial charge on any atom is -0.384 e. The summed E-state index contributed by atoms with van der Waals surface area (Å²) in [4.78, 5) is 36.1. The Balaban J connectivity index is 1.82. The third-order valence-electron chi connectivity index (χ3n) is 5.49. The van der Waals surface area contributed by atoms with Gasteiger partial charge in [-0.1, -0.05) is 0 Å². The number of nitrogens with zero attached hydrogens (tertiary/aromatic N) is 4. The van der Waals surface area contributed by atoms with Gasteiger partial charge in [0, 0.05) is 25.6 Å². The van der Waals surface area contributed by atoms with Gasteiger partial charge in [0.1, 0.15) is 23.7 Å². The molecule has 0 unspecified atom stereocenters. The Hall–Kier alpha value is -2.74. The number of piperidine rings is 1. The number of rotatable bonds is 2. The molecule has 2 aromatic heterocycles. The van der Waals surface area contributed by atoms with Gasteiger partial charge in [0.15, 0.2) is 5.78 Å². The predicted molar refractivity (Wildman–Crippen MR) is 98.8 cm³/mol. The van der Waals surface area contributed by atoms with E-state index in [2.05, 4.69) is 27.2 Å². The van der Waals surface area contributed by atoms with Gasteiger partial charge in [0.05, 0.1) is 11.2 Å². The molecule has 1 fully saturated rings. The number of anilines is 3. The number of nitrogen functional groups attached to an aromatic ring is 1. The molecule has 3 N–H and O–H groups in total. The third-order valence-corrected chi connectivity index (χ3v) is 5.49. The van der Waals surface area contributed by atoms with Gasteiger partial charge in [-0.3, -0.25) is 14.2 Å². The first-order chi connectivity index (χ1) is 12.4. The number of nitrogens with two attached hydrogens (primary N) is 1. The van der Waals surface area contributed by atoms with Crippen LogP contribution in [0, 0.1) is 6.92 Å². The Kier molecular flexibility index (Phi) is 3.80. The van der Waals surface area contributed by atoms with Crippen molar-refractivity contribution in [3.05, 3.63) is 40.1 Å². The standard InChI is InChI=1S/C18H22N6O2/c1-11-7-12(22-15-8-14(19)20-10-21-15)17(26)24-16(11)13(25)9-18(24)3-5-23(2)6-4-18/h7-8,10H,3-6,9H2,1-2H3,(H3,19,20,21,22). The molecule has 0 aromatic carbocycles. The average Bonchev–Trinajstić information content (AvgIpc) is 2.88. The Bertz CT molecular complexity index is 943. The highest BCUT2D eigenvalue weighted by atomic mass is 16.1. The van der Waals surface area contributed by atoms with Crippen molar-refractivity contribution < 1.29 is 4.79 Å². The molecule has 0 saturated carbocycles. The van der Waals surface area contributed by atoms with Crippen LogP contribution in [0.1, 0.15) is 35.3 Å². The van der Waals surface area contributed by atoms with Crippen LogP contribution >= 0.6 is 0 Å². The number of hydrogen-bond donors (Lipinski definition) is 2. The van der Waals surface area contributed by atoms with Gasteiger partial charge >= 0.3 is 0 Å². The van der Waals surface area contributed by atoms with Crippen molar-refractivity contribution in [2.75, 3.05) is 31.2 Å². The van der Waals surface area contributed by atoms with Crippen LogP contribution in [-0.4, -0.2) is 45.4 Å². The SMILES string of the molecule is Cc1cc(Nc2cc(N)ncn2)c(=O)n2c1C(=O)CC21CCN(C)CC1. The Morgan fingerprint density at radius 3 is 2.62 bits per heavy atom. The highest BCUT2D eigenvalue weighted by molar-refractivity contribution is 5.99. The maximum atomic E-state index is 13.3. The maximum Gasteiger partial charge on any atom is 0.275 e. The van der Waals surface area contributed by atoms with Crippen LogP contribution in [0.15, 0.2) is 23.3 Å². The van der Waals surface area contributed by atoms with E-state index in [0.29, 0.717) is 29.4 Å². The van der Waals surface area contributed by atoms with E-state index in [1.165, 1.54) is 6.33 Å². The van der Waals surface area contributed by atoms with Crippen LogP contribution in [0.3, 0.4) is 0 Å². The van der Waals surface area contributed by atoms with Crippen LogP contribution in [0.4, 0.5) is 17.3 Å². The Morgan fingerprint density at radius 2 is 1.92 bits per heavy atom. The van der Waals surface area contributed by atoms with Crippen molar-refractivity contribution in [3.63, 3.8) is 0 Å². The number of carbonyl (C=O) groups excluding carboxylic acids is 1. The summed E-state index contributed by atoms with van der Waals surface area (Å²) in [5.41, 5.74) is 6.84. The van der Waals surface area contributed by atoms with Gasteiger partial charge in [0.2, 0.25) is 0 Å². The molecular weight excluding hydrogens is 332 g/mol. The van der Waals surface area contributed by atoms with E-state index in [1.807, 2.05) is 6.92 Å². The highest BCUT2D eigenvalue weighted by Gasteiger charge is 2.46. The fourth-order valence-corrected chi connectivity index (χ4v) is 4.11. The Labute approximate surface area is 151 Å². The summed E-state index contributed by atoms with van der Waals surface area (Å²) in [5, 5.41) is 3.04. The monoisotopic (exact) mass is 354 g/mol. The molecular formula is C18H22N6O2. The summed E-state index contributed by atoms with van der Waals surface area (Å²) >= 11 is 0. The van der Waals surface area contributed by atoms with E-state index in [-0.39, 0.29) is 11.3 Å². The van der Waals surface area contributed by atoms with Crippen LogP contribution in [0.5, 0.6) is 0 Å². The molecule has 1 spiro atoms. The lowest BCUT2D eigenvalue weighted by Crippen LogP contribution is -2.47. The molecule has 0 atom stereocenters. The van der Waals surface area contributed by atoms with Crippen molar-refractivity contribution in [1.29, 1.82) is 0 Å². The molecule has 0 bridgehead atoms. The molecule has 8 nitrogen and oxygen atoms in total. The van der Waals surface area contributed by atoms with Crippen molar-refractivity contribution in [2.45, 2.75) is 31.7 Å². The normalized spacial score (nSPS) is 18.9. The lowest BCUT2D eigenvalue weighted by Gasteiger charge is -2.39. The first-order valence-corrected chi connectivity index (χ1v) is 8.73. The number of aryl methyl sites for hydroxylation is 1. The maximum absolute atomic E-state index is 13.3. The van der Waals surface area contributed by atoms with Crippen LogP contribution < -0.4 is 16.6 Å². The van der Waals surface area contributed by atoms with Crippen LogP contribution in [0.2, 0.25) is 0 Å². The number of Topliss-reactive ketones (excluding diaryl/α,β-unsaturated/α-hetero) is 1. The quantitative estimate of drug-likeness (QED) is 0.837. The van der Waals surface area contributed by atoms with E-state index in [0.717, 1.165) is 31.5 Å². The second-order valence-corrected chi connectivity index (χ2v) is 7.31. The number of ketones is 1. The van der Waals surface area contributed by atoms with Gasteiger partial charge < -0.3 is 16.0 Å². The van der Waals surface area contributed by atoms with Crippen molar-refractivity contribution in [2.24, 2.45) is 0 Å². The molecule has 4 rings (SSSR count). The number of aromatic nitrogens is 3. The van der Waals surface area contributed by atoms with Crippen LogP contribution in [-0.2, 0) is 5.54 Å². The lowest BCUT2D eigenvalue weighted by molar-refractivity contribution is 0.0911. The number of carbonyl (C=O) groups is 1. The summed E-state index contributed by atoms with van der Waals surface area (Å²) in [7, 11) is 2.07. The molecule has 0 amide bonds. The van der Waals surface area contributed by atoms with E-state index in [4.69, 9.17) is 5.73 Å². The third kappa shape index (κ3) is 2.57. The molecule has 2 aromatic rings. The fourth-order valence-electron chi connectivity index (χ4n) is 4.11. The fraction of sp³-hybridized carbons (Fsp3) is 0.444. The van der Waals surface area contributed by atoms with Crippen LogP contribution in [0.25, 0.3) is 0 Å². The van der Waals surface area contributed by atoms with E-state index < -0.39 is 5.54 Å². The molecule has 136 valence electrons. The number of pyridine rings is 1. The second kappa shape index (κ2) is 5.91. The zero-order valence-electron chi connectivity index (χ0n) is 15.0. The number of hydrogen-bond acceptors (Lipinski definition) is 7. The molecule has 4 heterocycles. The molecule has 26 heavy (non-hydrogen) atoms.